The zero-order valence-corrected chi connectivity index (χ0v) is 11.5. The number of halogens is 3. The Bertz CT molecular complexity index is 724. The Hall–Kier alpha value is -2.16. The molecule has 0 aliphatic heterocycles. The van der Waals surface area contributed by atoms with Gasteiger partial charge in [0.15, 0.2) is 5.65 Å². The molecule has 0 fully saturated rings. The Morgan fingerprint density at radius 2 is 2.09 bits per heavy atom. The molecular formula is C13H14F3N5O. The van der Waals surface area contributed by atoms with Crippen LogP contribution in [0.2, 0.25) is 0 Å². The Morgan fingerprint density at radius 3 is 2.73 bits per heavy atom. The van der Waals surface area contributed by atoms with Crippen molar-refractivity contribution in [1.82, 2.24) is 19.5 Å². The summed E-state index contributed by atoms with van der Waals surface area (Å²) in [6, 6.07) is -0.116. The maximum Gasteiger partial charge on any atom is 0.394 e. The number of aromatic nitrogens is 4. The van der Waals surface area contributed by atoms with Crippen LogP contribution in [-0.4, -0.2) is 37.4 Å². The number of hydrogen-bond donors (Lipinski definition) is 2. The van der Waals surface area contributed by atoms with Crippen LogP contribution in [0.1, 0.15) is 18.2 Å². The van der Waals surface area contributed by atoms with E-state index < -0.39 is 12.6 Å². The lowest BCUT2D eigenvalue weighted by molar-refractivity contribution is -0.127. The first kappa shape index (κ1) is 14.8. The highest BCUT2D eigenvalue weighted by Gasteiger charge is 2.31. The lowest BCUT2D eigenvalue weighted by Gasteiger charge is -2.13. The second-order valence-corrected chi connectivity index (χ2v) is 5.28. The van der Waals surface area contributed by atoms with Crippen LogP contribution >= 0.6 is 0 Å². The van der Waals surface area contributed by atoms with E-state index in [4.69, 9.17) is 10.8 Å². The minimum atomic E-state index is -4.40. The van der Waals surface area contributed by atoms with E-state index in [0.29, 0.717) is 6.42 Å². The Morgan fingerprint density at radius 1 is 1.32 bits per heavy atom. The van der Waals surface area contributed by atoms with E-state index in [9.17, 15) is 13.2 Å². The van der Waals surface area contributed by atoms with Crippen molar-refractivity contribution in [3.63, 3.8) is 0 Å². The van der Waals surface area contributed by atoms with E-state index in [1.54, 1.807) is 4.57 Å². The Balaban J connectivity index is 2.03. The summed E-state index contributed by atoms with van der Waals surface area (Å²) in [6.45, 7) is 0.0239. The monoisotopic (exact) mass is 313 g/mol. The molecule has 0 saturated heterocycles. The average Bonchev–Trinajstić information content (AvgIpc) is 3.01. The van der Waals surface area contributed by atoms with Crippen molar-refractivity contribution < 1.29 is 18.3 Å². The molecule has 2 aromatic heterocycles. The highest BCUT2D eigenvalue weighted by atomic mass is 19.4. The maximum atomic E-state index is 12.6. The molecular weight excluding hydrogens is 299 g/mol. The number of allylic oxidation sites excluding steroid dienone is 1. The summed E-state index contributed by atoms with van der Waals surface area (Å²) in [5.41, 5.74) is 5.69. The Kier molecular flexibility index (Phi) is 3.51. The quantitative estimate of drug-likeness (QED) is 0.841. The number of fused-ring (bicyclic) bond motifs is 1. The summed E-state index contributed by atoms with van der Waals surface area (Å²) < 4.78 is 39.6. The highest BCUT2D eigenvalue weighted by molar-refractivity contribution is 5.75. The first-order valence-electron chi connectivity index (χ1n) is 6.72. The number of nitrogens with zero attached hydrogens (tertiary/aromatic N) is 4. The summed E-state index contributed by atoms with van der Waals surface area (Å²) in [7, 11) is 0. The molecule has 0 unspecified atom stereocenters. The second kappa shape index (κ2) is 5.24. The van der Waals surface area contributed by atoms with Crippen LogP contribution in [0.15, 0.2) is 18.5 Å². The number of imidazole rings is 1. The molecule has 2 aromatic rings. The average molecular weight is 313 g/mol. The molecule has 6 nitrogen and oxygen atoms in total. The fourth-order valence-corrected chi connectivity index (χ4v) is 2.64. The van der Waals surface area contributed by atoms with E-state index in [-0.39, 0.29) is 41.4 Å². The Labute approximate surface area is 123 Å². The van der Waals surface area contributed by atoms with E-state index in [0.717, 1.165) is 0 Å². The van der Waals surface area contributed by atoms with Gasteiger partial charge in [0.05, 0.1) is 24.5 Å². The molecule has 0 aromatic carbocycles. The number of rotatable bonds is 3. The molecule has 0 bridgehead atoms. The zero-order chi connectivity index (χ0) is 15.9. The van der Waals surface area contributed by atoms with Crippen LogP contribution in [0.4, 0.5) is 19.1 Å². The number of alkyl halides is 3. The minimum absolute atomic E-state index is 0.0239. The van der Waals surface area contributed by atoms with Crippen LogP contribution in [-0.2, 0) is 6.42 Å². The molecule has 22 heavy (non-hydrogen) atoms. The van der Waals surface area contributed by atoms with Crippen molar-refractivity contribution in [3.05, 3.63) is 24.2 Å². The third kappa shape index (κ3) is 2.76. The standard InChI is InChI=1S/C13H14F3N5O/c14-13(15,16)4-9-10-11(20-12(17)19-9)21(6-18-10)8-2-1-7(3-8)5-22/h1-2,6-8,22H,3-5H2,(H2,17,19,20)/t7-,8+/m1/s1. The van der Waals surface area contributed by atoms with Crippen LogP contribution in [0.3, 0.4) is 0 Å². The molecule has 0 spiro atoms. The van der Waals surface area contributed by atoms with Crippen molar-refractivity contribution >= 4 is 17.1 Å². The molecule has 1 aliphatic carbocycles. The molecule has 0 amide bonds. The largest absolute Gasteiger partial charge is 0.396 e. The van der Waals surface area contributed by atoms with Crippen molar-refractivity contribution in [3.8, 4) is 0 Å². The van der Waals surface area contributed by atoms with E-state index >= 15 is 0 Å². The predicted octanol–water partition coefficient (Wildman–Crippen LogP) is 1.62. The SMILES string of the molecule is Nc1nc(CC(F)(F)F)c2ncn([C@H]3C=C[C@@H](CO)C3)c2n1. The summed E-state index contributed by atoms with van der Waals surface area (Å²) in [6.07, 6.45) is 0.231. The van der Waals surface area contributed by atoms with Crippen molar-refractivity contribution in [1.29, 1.82) is 0 Å². The number of nitrogens with two attached hydrogens (primary N) is 1. The second-order valence-electron chi connectivity index (χ2n) is 5.28. The van der Waals surface area contributed by atoms with Crippen LogP contribution in [0.5, 0.6) is 0 Å². The minimum Gasteiger partial charge on any atom is -0.396 e. The molecule has 9 heteroatoms. The number of aliphatic hydroxyl groups is 1. The number of aliphatic hydroxyl groups excluding tert-OH is 1. The highest BCUT2D eigenvalue weighted by Crippen LogP contribution is 2.31. The van der Waals surface area contributed by atoms with Crippen LogP contribution < -0.4 is 5.73 Å². The van der Waals surface area contributed by atoms with Gasteiger partial charge in [0.2, 0.25) is 5.95 Å². The van der Waals surface area contributed by atoms with E-state index in [1.165, 1.54) is 6.33 Å². The molecule has 3 rings (SSSR count). The fourth-order valence-electron chi connectivity index (χ4n) is 2.64. The molecule has 1 aliphatic rings. The van der Waals surface area contributed by atoms with Gasteiger partial charge in [-0.1, -0.05) is 12.2 Å². The maximum absolute atomic E-state index is 12.6. The molecule has 3 N–H and O–H groups in total. The van der Waals surface area contributed by atoms with Gasteiger partial charge in [0, 0.05) is 12.5 Å². The lowest BCUT2D eigenvalue weighted by Crippen LogP contribution is -2.15. The molecule has 0 radical (unpaired) electrons. The van der Waals surface area contributed by atoms with Gasteiger partial charge in [0.25, 0.3) is 0 Å². The van der Waals surface area contributed by atoms with E-state index in [2.05, 4.69) is 15.0 Å². The van der Waals surface area contributed by atoms with Gasteiger partial charge >= 0.3 is 6.18 Å². The predicted molar refractivity (Wildman–Crippen MR) is 72.9 cm³/mol. The van der Waals surface area contributed by atoms with Gasteiger partial charge in [0.1, 0.15) is 5.52 Å². The van der Waals surface area contributed by atoms with Crippen LogP contribution in [0, 0.1) is 5.92 Å². The molecule has 0 saturated carbocycles. The normalized spacial score (nSPS) is 21.8. The number of anilines is 1. The number of hydrogen-bond acceptors (Lipinski definition) is 5. The van der Waals surface area contributed by atoms with Crippen LogP contribution in [0.25, 0.3) is 11.2 Å². The van der Waals surface area contributed by atoms with Gasteiger partial charge in [-0.05, 0) is 6.42 Å². The van der Waals surface area contributed by atoms with Gasteiger partial charge in [-0.15, -0.1) is 0 Å². The first-order chi connectivity index (χ1) is 10.4. The molecule has 2 atom stereocenters. The van der Waals surface area contributed by atoms with E-state index in [1.807, 2.05) is 12.2 Å². The van der Waals surface area contributed by atoms with Gasteiger partial charge in [-0.2, -0.15) is 18.2 Å². The summed E-state index contributed by atoms with van der Waals surface area (Å²) >= 11 is 0. The zero-order valence-electron chi connectivity index (χ0n) is 11.5. The number of nitrogen functional groups attached to an aromatic ring is 1. The van der Waals surface area contributed by atoms with Gasteiger partial charge < -0.3 is 15.4 Å². The summed E-state index contributed by atoms with van der Waals surface area (Å²) in [5.74, 6) is -0.189. The third-order valence-electron chi connectivity index (χ3n) is 3.62. The van der Waals surface area contributed by atoms with Crippen molar-refractivity contribution in [2.75, 3.05) is 12.3 Å². The van der Waals surface area contributed by atoms with Gasteiger partial charge in [-0.3, -0.25) is 0 Å². The van der Waals surface area contributed by atoms with Gasteiger partial charge in [-0.25, -0.2) is 9.97 Å². The third-order valence-corrected chi connectivity index (χ3v) is 3.62. The van der Waals surface area contributed by atoms with Crippen molar-refractivity contribution in [2.45, 2.75) is 25.1 Å². The molecule has 118 valence electrons. The summed E-state index contributed by atoms with van der Waals surface area (Å²) in [5, 5.41) is 9.16. The first-order valence-corrected chi connectivity index (χ1v) is 6.72. The lowest BCUT2D eigenvalue weighted by atomic mass is 10.1. The summed E-state index contributed by atoms with van der Waals surface area (Å²) in [4.78, 5) is 11.7. The topological polar surface area (TPSA) is 89.8 Å². The fraction of sp³-hybridized carbons (Fsp3) is 0.462. The molecule has 2 heterocycles. The van der Waals surface area contributed by atoms with Crippen molar-refractivity contribution in [2.24, 2.45) is 5.92 Å². The smallest absolute Gasteiger partial charge is 0.394 e.